The van der Waals surface area contributed by atoms with Gasteiger partial charge < -0.3 is 4.90 Å². The number of rotatable bonds is 4. The molecule has 0 aliphatic carbocycles. The molecule has 0 bridgehead atoms. The van der Waals surface area contributed by atoms with Crippen LogP contribution in [0.15, 0.2) is 29.1 Å². The van der Waals surface area contributed by atoms with Crippen molar-refractivity contribution in [1.29, 1.82) is 0 Å². The zero-order valence-corrected chi connectivity index (χ0v) is 15.4. The molecule has 2 aromatic rings. The van der Waals surface area contributed by atoms with E-state index < -0.39 is 28.7 Å². The Hall–Kier alpha value is -3.18. The van der Waals surface area contributed by atoms with Crippen LogP contribution in [0.5, 0.6) is 0 Å². The molecule has 9 nitrogen and oxygen atoms in total. The van der Waals surface area contributed by atoms with Gasteiger partial charge >= 0.3 is 11.9 Å². The molecule has 3 rings (SSSR count). The highest BCUT2D eigenvalue weighted by atomic mass is 19.4. The second-order valence-electron chi connectivity index (χ2n) is 6.78. The molecule has 0 saturated carbocycles. The molecule has 156 valence electrons. The number of aromatic nitrogens is 3. The molecule has 1 aliphatic heterocycles. The van der Waals surface area contributed by atoms with Gasteiger partial charge in [-0.25, -0.2) is 9.48 Å². The molecule has 1 saturated heterocycles. The van der Waals surface area contributed by atoms with Crippen LogP contribution in [0.3, 0.4) is 0 Å². The van der Waals surface area contributed by atoms with Crippen molar-refractivity contribution in [1.82, 2.24) is 19.2 Å². The molecule has 1 aromatic heterocycles. The standard InChI is InChI=1S/C17H18F3N5O4/c1-22-15(17(18,19)20)21-24(16(22)27)12-6-8-23(9-7-12)14(26)10-11-4-2-3-5-13(11)25(28)29/h2-5,12H,6-10H2,1H3. The van der Waals surface area contributed by atoms with Gasteiger partial charge in [-0.15, -0.1) is 5.10 Å². The van der Waals surface area contributed by atoms with E-state index in [9.17, 15) is 32.9 Å². The monoisotopic (exact) mass is 413 g/mol. The maximum Gasteiger partial charge on any atom is 0.451 e. The second kappa shape index (κ2) is 7.68. The Morgan fingerprint density at radius 2 is 1.90 bits per heavy atom. The minimum atomic E-state index is -4.74. The van der Waals surface area contributed by atoms with Crippen molar-refractivity contribution in [3.63, 3.8) is 0 Å². The first-order chi connectivity index (χ1) is 13.6. The van der Waals surface area contributed by atoms with E-state index in [2.05, 4.69) is 5.10 Å². The summed E-state index contributed by atoms with van der Waals surface area (Å²) in [7, 11) is 1.01. The van der Waals surface area contributed by atoms with Crippen molar-refractivity contribution in [2.45, 2.75) is 31.5 Å². The zero-order chi connectivity index (χ0) is 21.3. The largest absolute Gasteiger partial charge is 0.451 e. The minimum absolute atomic E-state index is 0.143. The highest BCUT2D eigenvalue weighted by Crippen LogP contribution is 2.28. The highest BCUT2D eigenvalue weighted by molar-refractivity contribution is 5.80. The van der Waals surface area contributed by atoms with Crippen molar-refractivity contribution in [2.75, 3.05) is 13.1 Å². The Morgan fingerprint density at radius 3 is 2.45 bits per heavy atom. The normalized spacial score (nSPS) is 15.5. The van der Waals surface area contributed by atoms with Gasteiger partial charge in [0.15, 0.2) is 0 Å². The van der Waals surface area contributed by atoms with Gasteiger partial charge in [0, 0.05) is 31.8 Å². The number of para-hydroxylation sites is 1. The molecule has 0 atom stereocenters. The van der Waals surface area contributed by atoms with Gasteiger partial charge in [0.1, 0.15) is 0 Å². The number of carbonyl (C=O) groups is 1. The molecule has 1 amide bonds. The van der Waals surface area contributed by atoms with Gasteiger partial charge in [-0.1, -0.05) is 18.2 Å². The van der Waals surface area contributed by atoms with Crippen molar-refractivity contribution in [3.05, 3.63) is 56.3 Å². The number of nitrogens with zero attached hydrogens (tertiary/aromatic N) is 5. The fraction of sp³-hybridized carbons (Fsp3) is 0.471. The fourth-order valence-corrected chi connectivity index (χ4v) is 3.41. The van der Waals surface area contributed by atoms with Crippen LogP contribution in [0, 0.1) is 10.1 Å². The van der Waals surface area contributed by atoms with Gasteiger partial charge in [0.2, 0.25) is 11.7 Å². The third kappa shape index (κ3) is 4.15. The third-order valence-corrected chi connectivity index (χ3v) is 4.95. The average Bonchev–Trinajstić information content (AvgIpc) is 2.97. The lowest BCUT2D eigenvalue weighted by molar-refractivity contribution is -0.385. The SMILES string of the molecule is Cn1c(C(F)(F)F)nn(C2CCN(C(=O)Cc3ccccc3[N+](=O)[O-])CC2)c1=O. The van der Waals surface area contributed by atoms with E-state index in [0.717, 1.165) is 11.7 Å². The first-order valence-electron chi connectivity index (χ1n) is 8.82. The number of benzene rings is 1. The fourth-order valence-electron chi connectivity index (χ4n) is 3.41. The minimum Gasteiger partial charge on any atom is -0.342 e. The van der Waals surface area contributed by atoms with E-state index in [1.54, 1.807) is 6.07 Å². The van der Waals surface area contributed by atoms with Gasteiger partial charge in [-0.05, 0) is 12.8 Å². The number of alkyl halides is 3. The lowest BCUT2D eigenvalue weighted by atomic mass is 10.0. The second-order valence-corrected chi connectivity index (χ2v) is 6.78. The van der Waals surface area contributed by atoms with Crippen molar-refractivity contribution >= 4 is 11.6 Å². The van der Waals surface area contributed by atoms with E-state index in [0.29, 0.717) is 10.1 Å². The van der Waals surface area contributed by atoms with Crippen molar-refractivity contribution in [2.24, 2.45) is 7.05 Å². The molecule has 1 aliphatic rings. The Labute approximate surface area is 162 Å². The molecule has 0 radical (unpaired) electrons. The summed E-state index contributed by atoms with van der Waals surface area (Å²) in [4.78, 5) is 36.6. The molecule has 12 heteroatoms. The third-order valence-electron chi connectivity index (χ3n) is 4.95. The number of hydrogen-bond acceptors (Lipinski definition) is 5. The number of carbonyl (C=O) groups excluding carboxylic acids is 1. The number of nitro benzene ring substituents is 1. The Morgan fingerprint density at radius 1 is 1.28 bits per heavy atom. The molecule has 2 heterocycles. The number of piperidine rings is 1. The van der Waals surface area contributed by atoms with Crippen molar-refractivity contribution < 1.29 is 22.9 Å². The summed E-state index contributed by atoms with van der Waals surface area (Å²) < 4.78 is 40.1. The Balaban J connectivity index is 1.68. The molecule has 29 heavy (non-hydrogen) atoms. The van der Waals surface area contributed by atoms with Crippen LogP contribution < -0.4 is 5.69 Å². The van der Waals surface area contributed by atoms with Gasteiger partial charge in [-0.3, -0.25) is 19.5 Å². The summed E-state index contributed by atoms with van der Waals surface area (Å²) in [5, 5.41) is 14.5. The average molecular weight is 413 g/mol. The lowest BCUT2D eigenvalue weighted by Gasteiger charge is -2.31. The Bertz CT molecular complexity index is 990. The van der Waals surface area contributed by atoms with E-state index in [4.69, 9.17) is 0 Å². The zero-order valence-electron chi connectivity index (χ0n) is 15.4. The van der Waals surface area contributed by atoms with Crippen LogP contribution in [0.25, 0.3) is 0 Å². The van der Waals surface area contributed by atoms with Crippen LogP contribution >= 0.6 is 0 Å². The van der Waals surface area contributed by atoms with E-state index in [1.807, 2.05) is 0 Å². The maximum absolute atomic E-state index is 12.9. The molecule has 0 unspecified atom stereocenters. The summed E-state index contributed by atoms with van der Waals surface area (Å²) in [5.74, 6) is -1.58. The van der Waals surface area contributed by atoms with Crippen molar-refractivity contribution in [3.8, 4) is 0 Å². The molecular formula is C17H18F3N5O4. The number of halogens is 3. The molecule has 1 fully saturated rings. The number of hydrogen-bond donors (Lipinski definition) is 0. The predicted molar refractivity (Wildman–Crippen MR) is 94.1 cm³/mol. The van der Waals surface area contributed by atoms with E-state index in [-0.39, 0.29) is 43.9 Å². The summed E-state index contributed by atoms with van der Waals surface area (Å²) in [6.07, 6.45) is -4.36. The number of likely N-dealkylation sites (tertiary alicyclic amines) is 1. The summed E-state index contributed by atoms with van der Waals surface area (Å²) in [6.45, 7) is 0.434. The summed E-state index contributed by atoms with van der Waals surface area (Å²) in [6, 6.07) is 5.39. The summed E-state index contributed by atoms with van der Waals surface area (Å²) in [5.41, 5.74) is -0.710. The summed E-state index contributed by atoms with van der Waals surface area (Å²) >= 11 is 0. The highest BCUT2D eigenvalue weighted by Gasteiger charge is 2.39. The molecule has 0 N–H and O–H groups in total. The van der Waals surface area contributed by atoms with Gasteiger partial charge in [0.25, 0.3) is 5.69 Å². The quantitative estimate of drug-likeness (QED) is 0.563. The van der Waals surface area contributed by atoms with Crippen LogP contribution in [0.4, 0.5) is 18.9 Å². The molecular weight excluding hydrogens is 395 g/mol. The van der Waals surface area contributed by atoms with Gasteiger partial charge in [0.05, 0.1) is 17.4 Å². The van der Waals surface area contributed by atoms with Crippen LogP contribution in [0.2, 0.25) is 0 Å². The van der Waals surface area contributed by atoms with E-state index >= 15 is 0 Å². The van der Waals surface area contributed by atoms with Gasteiger partial charge in [-0.2, -0.15) is 13.2 Å². The lowest BCUT2D eigenvalue weighted by Crippen LogP contribution is -2.41. The van der Waals surface area contributed by atoms with Crippen LogP contribution in [0.1, 0.15) is 30.3 Å². The first kappa shape index (κ1) is 20.6. The van der Waals surface area contributed by atoms with Crippen LogP contribution in [-0.4, -0.2) is 43.2 Å². The Kier molecular flexibility index (Phi) is 5.44. The number of nitro groups is 1. The topological polar surface area (TPSA) is 103 Å². The van der Waals surface area contributed by atoms with E-state index in [1.165, 1.54) is 23.1 Å². The smallest absolute Gasteiger partial charge is 0.342 e. The van der Waals surface area contributed by atoms with Crippen LogP contribution in [-0.2, 0) is 24.4 Å². The number of amides is 1. The molecule has 1 aromatic carbocycles. The maximum atomic E-state index is 12.9. The first-order valence-corrected chi connectivity index (χ1v) is 8.82. The predicted octanol–water partition coefficient (Wildman–Crippen LogP) is 1.91. The molecule has 0 spiro atoms.